The van der Waals surface area contributed by atoms with Crippen LogP contribution in [0.2, 0.25) is 0 Å². The highest BCUT2D eigenvalue weighted by atomic mass is 16.7. The molecule has 4 saturated heterocycles. The molecule has 15 heteroatoms. The number of imide groups is 1. The predicted molar refractivity (Wildman–Crippen MR) is 189 cm³/mol. The van der Waals surface area contributed by atoms with Crippen molar-refractivity contribution in [2.24, 2.45) is 5.92 Å². The van der Waals surface area contributed by atoms with Gasteiger partial charge in [0.05, 0.1) is 37.4 Å². The lowest BCUT2D eigenvalue weighted by molar-refractivity contribution is -0.197. The molecule has 0 unspecified atom stereocenters. The first-order valence-electron chi connectivity index (χ1n) is 18.6. The zero-order valence-corrected chi connectivity index (χ0v) is 31.4. The van der Waals surface area contributed by atoms with Crippen LogP contribution in [-0.2, 0) is 52.6 Å². The molecule has 4 aliphatic rings. The Morgan fingerprint density at radius 2 is 1.77 bits per heavy atom. The number of ether oxygens (including phenoxy) is 4. The molecule has 0 bridgehead atoms. The van der Waals surface area contributed by atoms with Gasteiger partial charge in [0.15, 0.2) is 0 Å². The van der Waals surface area contributed by atoms with E-state index in [1.54, 1.807) is 13.0 Å². The fourth-order valence-electron chi connectivity index (χ4n) is 6.77. The molecule has 9 atom stereocenters. The number of epoxide rings is 1. The Bertz CT molecular complexity index is 1420. The minimum atomic E-state index is -0.867. The Hall–Kier alpha value is -3.92. The van der Waals surface area contributed by atoms with E-state index in [1.807, 2.05) is 19.9 Å². The lowest BCUT2D eigenvalue weighted by atomic mass is 9.87. The summed E-state index contributed by atoms with van der Waals surface area (Å²) in [6.45, 7) is 9.81. The Labute approximate surface area is 310 Å². The van der Waals surface area contributed by atoms with Gasteiger partial charge in [-0.15, -0.1) is 5.06 Å². The largest absolute Gasteiger partial charge is 0.459 e. The average Bonchev–Trinajstić information content (AvgIpc) is 3.80. The van der Waals surface area contributed by atoms with Crippen LogP contribution in [0, 0.1) is 5.92 Å². The summed E-state index contributed by atoms with van der Waals surface area (Å²) >= 11 is 0. The number of allylic oxidation sites excluding steroid dienone is 2. The van der Waals surface area contributed by atoms with Gasteiger partial charge in [-0.05, 0) is 58.4 Å². The minimum absolute atomic E-state index is 0.0428. The molecule has 15 nitrogen and oxygen atoms in total. The molecule has 4 heterocycles. The Morgan fingerprint density at radius 3 is 2.45 bits per heavy atom. The highest BCUT2D eigenvalue weighted by molar-refractivity contribution is 6.01. The number of carbonyl (C=O) groups excluding carboxylic acids is 6. The number of unbranched alkanes of at least 4 members (excludes halogenated alkanes) is 2. The van der Waals surface area contributed by atoms with Crippen LogP contribution in [0.4, 0.5) is 0 Å². The van der Waals surface area contributed by atoms with Crippen LogP contribution < -0.4 is 10.6 Å². The second-order valence-corrected chi connectivity index (χ2v) is 14.6. The minimum Gasteiger partial charge on any atom is -0.459 e. The SMILES string of the molecule is CC(=O)O[C@@H](C)/C=C\C(=O)N[C@@H]1C[C@H](C)[C@H](C/C=C(C)/C=C/[C@H]2O[C@H](CC(=O)NCCCCCC(=O)ON3C(=O)CCC3=O)C[C@@]3(CO3)[C@@H]2O)O[C@@H]1C. The van der Waals surface area contributed by atoms with Crippen LogP contribution >= 0.6 is 0 Å². The number of nitrogens with zero attached hydrogens (tertiary/aromatic N) is 1. The number of rotatable bonds is 17. The average molecular weight is 746 g/mol. The van der Waals surface area contributed by atoms with Crippen molar-refractivity contribution in [2.75, 3.05) is 13.2 Å². The highest BCUT2D eigenvalue weighted by Gasteiger charge is 2.58. The molecule has 294 valence electrons. The number of hydroxylamine groups is 2. The topological polar surface area (TPSA) is 199 Å². The van der Waals surface area contributed by atoms with Crippen LogP contribution in [0.25, 0.3) is 0 Å². The van der Waals surface area contributed by atoms with E-state index < -0.39 is 53.8 Å². The smallest absolute Gasteiger partial charge is 0.333 e. The van der Waals surface area contributed by atoms with Gasteiger partial charge in [-0.3, -0.25) is 24.0 Å². The molecule has 1 spiro atoms. The van der Waals surface area contributed by atoms with Gasteiger partial charge in [0, 0.05) is 45.2 Å². The van der Waals surface area contributed by atoms with Crippen LogP contribution in [0.15, 0.2) is 36.0 Å². The number of esters is 1. The lowest BCUT2D eigenvalue weighted by Crippen LogP contribution is -2.50. The van der Waals surface area contributed by atoms with Gasteiger partial charge in [0.1, 0.15) is 23.9 Å². The van der Waals surface area contributed by atoms with Gasteiger partial charge in [-0.25, -0.2) is 4.79 Å². The molecule has 3 N–H and O–H groups in total. The van der Waals surface area contributed by atoms with Crippen LogP contribution in [0.5, 0.6) is 0 Å². The summed E-state index contributed by atoms with van der Waals surface area (Å²) in [4.78, 5) is 76.2. The maximum absolute atomic E-state index is 12.7. The standard InChI is InChI=1S/C38H55N3O12/c1-23(10-13-30-24(2)19-29(26(4)51-30)40-32(43)15-12-25(3)50-27(5)42)11-14-31-37(48)38(22-49-38)21-28(52-31)20-33(44)39-18-8-6-7-9-36(47)53-41-34(45)16-17-35(41)46/h10-12,14-15,24-26,28-31,37,48H,6-9,13,16-22H2,1-5H3,(H,39,44)(H,40,43)/b14-11+,15-12-,23-10+/t24-,25-,26+,28+,29+,30-,31+,37+,38+/m0/s1. The van der Waals surface area contributed by atoms with Crippen molar-refractivity contribution >= 4 is 35.6 Å². The fourth-order valence-corrected chi connectivity index (χ4v) is 6.77. The summed E-state index contributed by atoms with van der Waals surface area (Å²) in [5.74, 6) is -2.35. The van der Waals surface area contributed by atoms with E-state index in [1.165, 1.54) is 19.1 Å². The first-order chi connectivity index (χ1) is 25.2. The summed E-state index contributed by atoms with van der Waals surface area (Å²) in [7, 11) is 0. The first kappa shape index (κ1) is 41.8. The molecule has 0 aliphatic carbocycles. The number of hydrogen-bond donors (Lipinski definition) is 3. The second kappa shape index (κ2) is 19.4. The van der Waals surface area contributed by atoms with E-state index in [0.29, 0.717) is 50.3 Å². The van der Waals surface area contributed by atoms with Crippen LogP contribution in [0.3, 0.4) is 0 Å². The molecule has 0 radical (unpaired) electrons. The molecule has 0 saturated carbocycles. The van der Waals surface area contributed by atoms with Crippen LogP contribution in [0.1, 0.15) is 98.8 Å². The van der Waals surface area contributed by atoms with Crippen molar-refractivity contribution in [2.45, 2.75) is 147 Å². The monoisotopic (exact) mass is 745 g/mol. The van der Waals surface area contributed by atoms with E-state index in [2.05, 4.69) is 23.6 Å². The molecule has 4 aliphatic heterocycles. The molecular formula is C38H55N3O12. The molecular weight excluding hydrogens is 690 g/mol. The van der Waals surface area contributed by atoms with E-state index in [4.69, 9.17) is 23.8 Å². The third-order valence-electron chi connectivity index (χ3n) is 9.92. The Morgan fingerprint density at radius 1 is 1.06 bits per heavy atom. The van der Waals surface area contributed by atoms with Gasteiger partial charge < -0.3 is 39.5 Å². The van der Waals surface area contributed by atoms with Crippen LogP contribution in [-0.4, -0.2) is 107 Å². The third kappa shape index (κ3) is 12.9. The zero-order chi connectivity index (χ0) is 38.7. The van der Waals surface area contributed by atoms with Crippen molar-refractivity contribution in [3.63, 3.8) is 0 Å². The predicted octanol–water partition coefficient (Wildman–Crippen LogP) is 2.65. The van der Waals surface area contributed by atoms with Crippen molar-refractivity contribution in [1.29, 1.82) is 0 Å². The van der Waals surface area contributed by atoms with Gasteiger partial charge >= 0.3 is 11.9 Å². The quantitative estimate of drug-likeness (QED) is 0.0492. The molecule has 0 aromatic rings. The Kier molecular flexibility index (Phi) is 15.3. The van der Waals surface area contributed by atoms with Gasteiger partial charge in [0.2, 0.25) is 11.8 Å². The summed E-state index contributed by atoms with van der Waals surface area (Å²) in [6, 6.07) is -0.157. The number of aliphatic hydroxyl groups is 1. The van der Waals surface area contributed by atoms with Gasteiger partial charge in [0.25, 0.3) is 11.8 Å². The normalized spacial score (nSPS) is 30.9. The van der Waals surface area contributed by atoms with Crippen molar-refractivity contribution in [3.05, 3.63) is 36.0 Å². The number of carbonyl (C=O) groups is 6. The third-order valence-corrected chi connectivity index (χ3v) is 9.92. The van der Waals surface area contributed by atoms with Crippen molar-refractivity contribution in [1.82, 2.24) is 15.7 Å². The molecule has 0 aromatic heterocycles. The number of hydrogen-bond acceptors (Lipinski definition) is 12. The molecule has 4 fully saturated rings. The van der Waals surface area contributed by atoms with Crippen molar-refractivity contribution < 1.29 is 57.7 Å². The summed E-state index contributed by atoms with van der Waals surface area (Å²) < 4.78 is 23.1. The molecule has 4 rings (SSSR count). The van der Waals surface area contributed by atoms with Gasteiger partial charge in [-0.1, -0.05) is 37.1 Å². The fraction of sp³-hybridized carbons (Fsp3) is 0.684. The Balaban J connectivity index is 1.16. The van der Waals surface area contributed by atoms with E-state index in [-0.39, 0.29) is 61.7 Å². The maximum atomic E-state index is 12.7. The second-order valence-electron chi connectivity index (χ2n) is 14.6. The maximum Gasteiger partial charge on any atom is 0.333 e. The summed E-state index contributed by atoms with van der Waals surface area (Å²) in [6.07, 6.45) is 9.83. The highest BCUT2D eigenvalue weighted by Crippen LogP contribution is 2.43. The first-order valence-corrected chi connectivity index (χ1v) is 18.6. The van der Waals surface area contributed by atoms with Crippen molar-refractivity contribution in [3.8, 4) is 0 Å². The molecule has 0 aromatic carbocycles. The summed E-state index contributed by atoms with van der Waals surface area (Å²) in [5, 5.41) is 17.4. The number of nitrogens with one attached hydrogen (secondary N) is 2. The molecule has 4 amide bonds. The lowest BCUT2D eigenvalue weighted by Gasteiger charge is -2.39. The zero-order valence-electron chi connectivity index (χ0n) is 31.4. The molecule has 53 heavy (non-hydrogen) atoms. The summed E-state index contributed by atoms with van der Waals surface area (Å²) in [5.41, 5.74) is 0.238. The number of aliphatic hydroxyl groups excluding tert-OH is 1. The van der Waals surface area contributed by atoms with Gasteiger partial charge in [-0.2, -0.15) is 0 Å². The van der Waals surface area contributed by atoms with E-state index in [9.17, 15) is 33.9 Å². The van der Waals surface area contributed by atoms with E-state index >= 15 is 0 Å². The number of amides is 4. The van der Waals surface area contributed by atoms with E-state index in [0.717, 1.165) is 12.0 Å².